The quantitative estimate of drug-likeness (QED) is 0.833. The zero-order valence-electron chi connectivity index (χ0n) is 12.9. The highest BCUT2D eigenvalue weighted by Gasteiger charge is 2.42. The maximum absolute atomic E-state index is 6.24. The molecule has 2 aliphatic rings. The number of hydrogen-bond donors (Lipinski definition) is 1. The van der Waals surface area contributed by atoms with Crippen LogP contribution in [-0.2, 0) is 0 Å². The van der Waals surface area contributed by atoms with Gasteiger partial charge >= 0.3 is 0 Å². The van der Waals surface area contributed by atoms with E-state index in [9.17, 15) is 0 Å². The molecule has 106 valence electrons. The van der Waals surface area contributed by atoms with Gasteiger partial charge in [-0.05, 0) is 55.4 Å². The molecule has 0 spiro atoms. The van der Waals surface area contributed by atoms with Gasteiger partial charge in [-0.3, -0.25) is 0 Å². The largest absolute Gasteiger partial charge is 0.327 e. The fourth-order valence-electron chi connectivity index (χ4n) is 3.77. The average molecular weight is 252 g/mol. The summed E-state index contributed by atoms with van der Waals surface area (Å²) in [5.74, 6) is 3.40. The van der Waals surface area contributed by atoms with E-state index in [0.29, 0.717) is 17.4 Å². The van der Waals surface area contributed by atoms with Crippen LogP contribution in [-0.4, -0.2) is 31.1 Å². The second-order valence-electron chi connectivity index (χ2n) is 7.74. The first kappa shape index (κ1) is 14.3. The fourth-order valence-corrected chi connectivity index (χ4v) is 3.77. The van der Waals surface area contributed by atoms with Gasteiger partial charge < -0.3 is 10.6 Å². The third kappa shape index (κ3) is 2.91. The molecule has 0 amide bonds. The van der Waals surface area contributed by atoms with Gasteiger partial charge in [-0.15, -0.1) is 0 Å². The van der Waals surface area contributed by atoms with Crippen molar-refractivity contribution < 1.29 is 0 Å². The molecule has 2 aliphatic carbocycles. The van der Waals surface area contributed by atoms with E-state index in [1.165, 1.54) is 32.4 Å². The second kappa shape index (κ2) is 5.13. The van der Waals surface area contributed by atoms with E-state index in [-0.39, 0.29) is 0 Å². The first-order valence-electron chi connectivity index (χ1n) is 7.76. The molecule has 2 rings (SSSR count). The fraction of sp³-hybridized carbons (Fsp3) is 1.00. The van der Waals surface area contributed by atoms with E-state index in [0.717, 1.165) is 17.8 Å². The van der Waals surface area contributed by atoms with Crippen molar-refractivity contribution >= 4 is 0 Å². The van der Waals surface area contributed by atoms with Crippen molar-refractivity contribution in [3.63, 3.8) is 0 Å². The summed E-state index contributed by atoms with van der Waals surface area (Å²) >= 11 is 0. The molecule has 0 bridgehead atoms. The molecule has 0 aromatic heterocycles. The Morgan fingerprint density at radius 1 is 1.17 bits per heavy atom. The van der Waals surface area contributed by atoms with Gasteiger partial charge in [-0.2, -0.15) is 0 Å². The van der Waals surface area contributed by atoms with Crippen LogP contribution in [0.4, 0.5) is 0 Å². The van der Waals surface area contributed by atoms with Crippen LogP contribution in [0.15, 0.2) is 0 Å². The van der Waals surface area contributed by atoms with Crippen LogP contribution in [0.5, 0.6) is 0 Å². The van der Waals surface area contributed by atoms with Crippen LogP contribution in [0.1, 0.15) is 47.0 Å². The summed E-state index contributed by atoms with van der Waals surface area (Å²) in [6, 6.07) is 0.407. The number of rotatable bonds is 4. The van der Waals surface area contributed by atoms with Gasteiger partial charge in [-0.25, -0.2) is 0 Å². The number of nitrogens with two attached hydrogens (primary N) is 1. The first-order valence-corrected chi connectivity index (χ1v) is 7.76. The molecular weight excluding hydrogens is 220 g/mol. The molecule has 0 aliphatic heterocycles. The molecule has 5 unspecified atom stereocenters. The van der Waals surface area contributed by atoms with Crippen LogP contribution in [0.3, 0.4) is 0 Å². The molecule has 0 radical (unpaired) electrons. The molecule has 0 heterocycles. The molecule has 2 fully saturated rings. The standard InChI is InChI=1S/C16H32N2/c1-11-8-13(11)9-18(5)10-14-6-7-15(17)12(2)16(14,3)4/h11-15H,6-10,17H2,1-5H3. The van der Waals surface area contributed by atoms with Gasteiger partial charge in [-0.1, -0.05) is 27.7 Å². The first-order chi connectivity index (χ1) is 8.32. The second-order valence-corrected chi connectivity index (χ2v) is 7.74. The van der Waals surface area contributed by atoms with Crippen LogP contribution < -0.4 is 5.73 Å². The Morgan fingerprint density at radius 2 is 1.78 bits per heavy atom. The summed E-state index contributed by atoms with van der Waals surface area (Å²) in [5, 5.41) is 0. The minimum absolute atomic E-state index is 0.390. The van der Waals surface area contributed by atoms with Crippen LogP contribution in [0.2, 0.25) is 0 Å². The monoisotopic (exact) mass is 252 g/mol. The van der Waals surface area contributed by atoms with Crippen molar-refractivity contribution in [3.8, 4) is 0 Å². The molecule has 18 heavy (non-hydrogen) atoms. The van der Waals surface area contributed by atoms with Crippen molar-refractivity contribution in [2.75, 3.05) is 20.1 Å². The predicted molar refractivity (Wildman–Crippen MR) is 78.4 cm³/mol. The van der Waals surface area contributed by atoms with E-state index in [1.54, 1.807) is 0 Å². The summed E-state index contributed by atoms with van der Waals surface area (Å²) in [5.41, 5.74) is 6.63. The van der Waals surface area contributed by atoms with E-state index >= 15 is 0 Å². The lowest BCUT2D eigenvalue weighted by atomic mass is 9.61. The summed E-state index contributed by atoms with van der Waals surface area (Å²) in [4.78, 5) is 2.57. The van der Waals surface area contributed by atoms with Gasteiger partial charge in [0.05, 0.1) is 0 Å². The zero-order valence-corrected chi connectivity index (χ0v) is 12.9. The molecule has 2 saturated carbocycles. The third-order valence-electron chi connectivity index (χ3n) is 6.07. The lowest BCUT2D eigenvalue weighted by molar-refractivity contribution is 0.0328. The van der Waals surface area contributed by atoms with Crippen molar-refractivity contribution in [3.05, 3.63) is 0 Å². The zero-order chi connectivity index (χ0) is 13.5. The van der Waals surface area contributed by atoms with E-state index < -0.39 is 0 Å². The van der Waals surface area contributed by atoms with Crippen LogP contribution in [0.25, 0.3) is 0 Å². The highest BCUT2D eigenvalue weighted by molar-refractivity contribution is 4.94. The molecule has 2 N–H and O–H groups in total. The molecule has 0 aromatic rings. The van der Waals surface area contributed by atoms with Crippen LogP contribution >= 0.6 is 0 Å². The van der Waals surface area contributed by atoms with E-state index in [4.69, 9.17) is 5.73 Å². The van der Waals surface area contributed by atoms with Gasteiger partial charge in [0.15, 0.2) is 0 Å². The molecule has 0 aromatic carbocycles. The normalized spacial score (nSPS) is 43.2. The summed E-state index contributed by atoms with van der Waals surface area (Å²) < 4.78 is 0. The van der Waals surface area contributed by atoms with Crippen molar-refractivity contribution in [1.29, 1.82) is 0 Å². The Morgan fingerprint density at radius 3 is 2.33 bits per heavy atom. The smallest absolute Gasteiger partial charge is 0.00698 e. The average Bonchev–Trinajstić information content (AvgIpc) is 2.96. The maximum Gasteiger partial charge on any atom is 0.00698 e. The molecule has 5 atom stereocenters. The lowest BCUT2D eigenvalue weighted by Crippen LogP contribution is -2.49. The molecule has 2 heteroatoms. The van der Waals surface area contributed by atoms with Gasteiger partial charge in [0.2, 0.25) is 0 Å². The van der Waals surface area contributed by atoms with E-state index in [1.807, 2.05) is 0 Å². The highest BCUT2D eigenvalue weighted by Crippen LogP contribution is 2.45. The topological polar surface area (TPSA) is 29.3 Å². The minimum atomic E-state index is 0.390. The Kier molecular flexibility index (Phi) is 4.08. The van der Waals surface area contributed by atoms with Gasteiger partial charge in [0.25, 0.3) is 0 Å². The number of hydrogen-bond acceptors (Lipinski definition) is 2. The van der Waals surface area contributed by atoms with Crippen molar-refractivity contribution in [2.24, 2.45) is 34.8 Å². The van der Waals surface area contributed by atoms with Gasteiger partial charge in [0.1, 0.15) is 0 Å². The third-order valence-corrected chi connectivity index (χ3v) is 6.07. The lowest BCUT2D eigenvalue weighted by Gasteiger charge is -2.48. The minimum Gasteiger partial charge on any atom is -0.327 e. The Balaban J connectivity index is 1.87. The molecule has 2 nitrogen and oxygen atoms in total. The van der Waals surface area contributed by atoms with Crippen LogP contribution in [0, 0.1) is 29.1 Å². The molecular formula is C16H32N2. The maximum atomic E-state index is 6.24. The predicted octanol–water partition coefficient (Wildman–Crippen LogP) is 2.97. The van der Waals surface area contributed by atoms with E-state index in [2.05, 4.69) is 39.6 Å². The Bertz CT molecular complexity index is 287. The molecule has 0 saturated heterocycles. The SMILES string of the molecule is CC1CC1CN(C)CC1CCC(N)C(C)C1(C)C. The van der Waals surface area contributed by atoms with Crippen molar-refractivity contribution in [2.45, 2.75) is 53.0 Å². The van der Waals surface area contributed by atoms with Crippen molar-refractivity contribution in [1.82, 2.24) is 4.90 Å². The Labute approximate surface area is 113 Å². The highest BCUT2D eigenvalue weighted by atomic mass is 15.1. The van der Waals surface area contributed by atoms with Gasteiger partial charge in [0, 0.05) is 19.1 Å². The summed E-state index contributed by atoms with van der Waals surface area (Å²) in [7, 11) is 2.31. The summed E-state index contributed by atoms with van der Waals surface area (Å²) in [6.07, 6.45) is 3.96. The Hall–Kier alpha value is -0.0800. The summed E-state index contributed by atoms with van der Waals surface area (Å²) in [6.45, 7) is 12.1. The number of nitrogens with zero attached hydrogens (tertiary/aromatic N) is 1.